The monoisotopic (exact) mass is 199 g/mol. The number of benzene rings is 1. The molecule has 1 aromatic carbocycles. The van der Waals surface area contributed by atoms with Gasteiger partial charge in [-0.3, -0.25) is 0 Å². The molecule has 0 atom stereocenters. The smallest absolute Gasteiger partial charge is 0.123 e. The van der Waals surface area contributed by atoms with Gasteiger partial charge in [0.05, 0.1) is 11.2 Å². The van der Waals surface area contributed by atoms with E-state index in [0.29, 0.717) is 10.4 Å². The van der Waals surface area contributed by atoms with Crippen molar-refractivity contribution in [2.45, 2.75) is 0 Å². The second-order valence-electron chi connectivity index (χ2n) is 2.39. The quantitative estimate of drug-likeness (QED) is 0.409. The highest BCUT2D eigenvalue weighted by molar-refractivity contribution is 6.57. The molecule has 1 rings (SSSR count). The minimum absolute atomic E-state index is 0.145. The molecule has 0 unspecified atom stereocenters. The van der Waals surface area contributed by atoms with E-state index in [1.165, 1.54) is 18.2 Å². The molecule has 2 nitrogen and oxygen atoms in total. The lowest BCUT2D eigenvalue weighted by Gasteiger charge is -1.91. The molecule has 0 saturated carbocycles. The minimum atomic E-state index is -0.410. The highest BCUT2D eigenvalue weighted by atomic mass is 35.5. The zero-order valence-corrected chi connectivity index (χ0v) is 7.42. The van der Waals surface area contributed by atoms with Gasteiger partial charge in [-0.15, -0.1) is 0 Å². The van der Waals surface area contributed by atoms with Gasteiger partial charge in [-0.25, -0.2) is 4.39 Å². The van der Waals surface area contributed by atoms with Gasteiger partial charge in [0.25, 0.3) is 0 Å². The maximum Gasteiger partial charge on any atom is 0.123 e. The lowest BCUT2D eigenvalue weighted by molar-refractivity contribution is 0.322. The summed E-state index contributed by atoms with van der Waals surface area (Å²) in [6.07, 6.45) is 1.02. The first-order chi connectivity index (χ1) is 6.15. The molecule has 1 N–H and O–H groups in total. The Labute approximate surface area is 79.3 Å². The van der Waals surface area contributed by atoms with Crippen LogP contribution in [0, 0.1) is 5.82 Å². The third kappa shape index (κ3) is 2.29. The lowest BCUT2D eigenvalue weighted by Crippen LogP contribution is -2.25. The molecule has 0 saturated heterocycles. The van der Waals surface area contributed by atoms with E-state index >= 15 is 0 Å². The Kier molecular flexibility index (Phi) is 3.03. The van der Waals surface area contributed by atoms with Crippen molar-refractivity contribution < 1.29 is 9.60 Å². The number of hydrogen-bond acceptors (Lipinski definition) is 2. The molecule has 0 heterocycles. The molecule has 1 aromatic rings. The van der Waals surface area contributed by atoms with Crippen LogP contribution in [-0.4, -0.2) is 11.4 Å². The van der Waals surface area contributed by atoms with Crippen LogP contribution in [-0.2, 0) is 0 Å². The van der Waals surface area contributed by atoms with E-state index in [1.54, 1.807) is 0 Å². The van der Waals surface area contributed by atoms with Gasteiger partial charge < -0.3 is 5.21 Å². The normalized spacial score (nSPS) is 13.4. The summed E-state index contributed by atoms with van der Waals surface area (Å²) in [6, 6.07) is 4.01. The van der Waals surface area contributed by atoms with E-state index in [1.807, 2.05) is 0 Å². The maximum absolute atomic E-state index is 12.7. The Hall–Kier alpha value is -1.35. The topological polar surface area (TPSA) is 32.6 Å². The fourth-order valence-corrected chi connectivity index (χ4v) is 1.11. The van der Waals surface area contributed by atoms with Crippen LogP contribution in [0.5, 0.6) is 0 Å². The molecule has 4 heteroatoms. The van der Waals surface area contributed by atoms with Crippen molar-refractivity contribution in [2.24, 2.45) is 5.16 Å². The Bertz CT molecular complexity index is 441. The standard InChI is InChI=1S/C9H7ClFNO/c1-6-2-3-7(11)4-8(6)9(10)5-12-13/h2-5,13H,1H2/b9-8+,12-5?. The average molecular weight is 200 g/mol. The molecule has 0 aliphatic heterocycles. The Morgan fingerprint density at radius 1 is 1.62 bits per heavy atom. The summed E-state index contributed by atoms with van der Waals surface area (Å²) in [5, 5.41) is 12.1. The molecule has 68 valence electrons. The van der Waals surface area contributed by atoms with Crippen LogP contribution in [0.3, 0.4) is 0 Å². The second-order valence-corrected chi connectivity index (χ2v) is 2.80. The first-order valence-electron chi connectivity index (χ1n) is 3.47. The van der Waals surface area contributed by atoms with Crippen molar-refractivity contribution in [3.63, 3.8) is 0 Å². The Morgan fingerprint density at radius 3 is 2.92 bits per heavy atom. The Balaban J connectivity index is 3.52. The van der Waals surface area contributed by atoms with E-state index < -0.39 is 5.82 Å². The molecule has 13 heavy (non-hydrogen) atoms. The molecule has 0 amide bonds. The van der Waals surface area contributed by atoms with Crippen LogP contribution in [0.25, 0.3) is 11.6 Å². The SMILES string of the molecule is C=c1ccc(F)c/c1=C(\Cl)C=NO. The van der Waals surface area contributed by atoms with Crippen LogP contribution in [0.4, 0.5) is 4.39 Å². The Morgan fingerprint density at radius 2 is 2.31 bits per heavy atom. The summed E-state index contributed by atoms with van der Waals surface area (Å²) in [5.74, 6) is -0.410. The van der Waals surface area contributed by atoms with E-state index in [2.05, 4.69) is 11.7 Å². The third-order valence-corrected chi connectivity index (χ3v) is 1.80. The third-order valence-electron chi connectivity index (χ3n) is 1.50. The van der Waals surface area contributed by atoms with Gasteiger partial charge in [-0.2, -0.15) is 0 Å². The van der Waals surface area contributed by atoms with Crippen LogP contribution in [0.1, 0.15) is 0 Å². The molecular weight excluding hydrogens is 193 g/mol. The summed E-state index contributed by atoms with van der Waals surface area (Å²) in [4.78, 5) is 0. The van der Waals surface area contributed by atoms with Crippen LogP contribution >= 0.6 is 11.6 Å². The van der Waals surface area contributed by atoms with Gasteiger partial charge in [0.2, 0.25) is 0 Å². The molecular formula is C9H7ClFNO. The highest BCUT2D eigenvalue weighted by Crippen LogP contribution is 1.95. The lowest BCUT2D eigenvalue weighted by atomic mass is 10.2. The van der Waals surface area contributed by atoms with Crippen molar-refractivity contribution >= 4 is 29.4 Å². The first kappa shape index (κ1) is 9.74. The number of rotatable bonds is 1. The number of nitrogens with zero attached hydrogens (tertiary/aromatic N) is 1. The second kappa shape index (κ2) is 4.05. The molecule has 0 aliphatic carbocycles. The predicted molar refractivity (Wildman–Crippen MR) is 50.7 cm³/mol. The molecule has 0 spiro atoms. The van der Waals surface area contributed by atoms with Crippen molar-refractivity contribution in [3.8, 4) is 0 Å². The van der Waals surface area contributed by atoms with Crippen molar-refractivity contribution in [2.75, 3.05) is 0 Å². The molecule has 0 fully saturated rings. The van der Waals surface area contributed by atoms with E-state index in [4.69, 9.17) is 16.8 Å². The van der Waals surface area contributed by atoms with Gasteiger partial charge in [0, 0.05) is 5.22 Å². The van der Waals surface area contributed by atoms with Gasteiger partial charge in [-0.05, 0) is 17.4 Å². The van der Waals surface area contributed by atoms with Gasteiger partial charge in [0.15, 0.2) is 0 Å². The molecule has 0 bridgehead atoms. The van der Waals surface area contributed by atoms with Crippen LogP contribution in [0.15, 0.2) is 23.4 Å². The number of halogens is 2. The van der Waals surface area contributed by atoms with E-state index in [0.717, 1.165) is 6.21 Å². The minimum Gasteiger partial charge on any atom is -0.411 e. The predicted octanol–water partition coefficient (Wildman–Crippen LogP) is 1.04. The van der Waals surface area contributed by atoms with Gasteiger partial charge in [0.1, 0.15) is 5.82 Å². The van der Waals surface area contributed by atoms with Gasteiger partial charge in [-0.1, -0.05) is 29.4 Å². The average Bonchev–Trinajstić information content (AvgIpc) is 2.09. The zero-order chi connectivity index (χ0) is 9.84. The molecule has 0 aliphatic rings. The first-order valence-corrected chi connectivity index (χ1v) is 3.84. The van der Waals surface area contributed by atoms with Crippen LogP contribution in [0.2, 0.25) is 0 Å². The molecule has 0 aromatic heterocycles. The van der Waals surface area contributed by atoms with Crippen molar-refractivity contribution in [1.29, 1.82) is 0 Å². The number of hydrogen-bond donors (Lipinski definition) is 1. The maximum atomic E-state index is 12.7. The van der Waals surface area contributed by atoms with E-state index in [-0.39, 0.29) is 5.03 Å². The highest BCUT2D eigenvalue weighted by Gasteiger charge is 1.94. The van der Waals surface area contributed by atoms with Crippen molar-refractivity contribution in [1.82, 2.24) is 0 Å². The molecule has 0 radical (unpaired) electrons. The van der Waals surface area contributed by atoms with Crippen LogP contribution < -0.4 is 10.4 Å². The summed E-state index contributed by atoms with van der Waals surface area (Å²) >= 11 is 5.68. The summed E-state index contributed by atoms with van der Waals surface area (Å²) < 4.78 is 12.7. The summed E-state index contributed by atoms with van der Waals surface area (Å²) in [5.41, 5.74) is 0. The van der Waals surface area contributed by atoms with E-state index in [9.17, 15) is 4.39 Å². The fraction of sp³-hybridized carbons (Fsp3) is 0. The number of oxime groups is 1. The fourth-order valence-electron chi connectivity index (χ4n) is 0.891. The zero-order valence-electron chi connectivity index (χ0n) is 6.67. The summed E-state index contributed by atoms with van der Waals surface area (Å²) in [6.45, 7) is 3.65. The van der Waals surface area contributed by atoms with Gasteiger partial charge >= 0.3 is 0 Å². The van der Waals surface area contributed by atoms with Crippen molar-refractivity contribution in [3.05, 3.63) is 34.5 Å². The summed E-state index contributed by atoms with van der Waals surface area (Å²) in [7, 11) is 0. The largest absolute Gasteiger partial charge is 0.411 e.